The maximum Gasteiger partial charge on any atom is 0.439 e. The van der Waals surface area contributed by atoms with Crippen molar-refractivity contribution in [3.05, 3.63) is 27.2 Å². The topological polar surface area (TPSA) is 38.8 Å². The molecule has 1 amide bonds. The van der Waals surface area contributed by atoms with Gasteiger partial charge in [-0.25, -0.2) is 4.79 Å². The summed E-state index contributed by atoms with van der Waals surface area (Å²) in [7, 11) is 2.73. The van der Waals surface area contributed by atoms with E-state index in [1.54, 1.807) is 0 Å². The lowest BCUT2D eigenvalue weighted by Gasteiger charge is -2.14. The summed E-state index contributed by atoms with van der Waals surface area (Å²) < 4.78 is 4.92. The molecule has 1 rings (SSSR count). The number of rotatable bonds is 2. The number of halogens is 3. The molecule has 0 unspecified atom stereocenters. The van der Waals surface area contributed by atoms with Gasteiger partial charge in [0.2, 0.25) is 0 Å². The highest BCUT2D eigenvalue weighted by Gasteiger charge is 2.14. The molecule has 1 aromatic rings. The minimum Gasteiger partial charge on any atom is -0.407 e. The highest BCUT2D eigenvalue weighted by Crippen LogP contribution is 2.34. The van der Waals surface area contributed by atoms with Gasteiger partial charge in [-0.1, -0.05) is 34.8 Å². The molecule has 0 bridgehead atoms. The van der Waals surface area contributed by atoms with E-state index in [0.29, 0.717) is 0 Å². The van der Waals surface area contributed by atoms with Gasteiger partial charge in [0.15, 0.2) is 5.75 Å². The van der Waals surface area contributed by atoms with Crippen molar-refractivity contribution in [3.63, 3.8) is 0 Å². The number of carbonyl (C=O) groups excluding carboxylic acids is 1. The molecule has 0 fully saturated rings. The Morgan fingerprint density at radius 1 is 1.19 bits per heavy atom. The highest BCUT2D eigenvalue weighted by molar-refractivity contribution is 6.43. The molecule has 0 radical (unpaired) electrons. The normalized spacial score (nSPS) is 10.1. The van der Waals surface area contributed by atoms with Crippen LogP contribution in [-0.2, 0) is 4.84 Å². The predicted octanol–water partition coefficient (Wildman–Crippen LogP) is 3.64. The van der Waals surface area contributed by atoms with Crippen molar-refractivity contribution in [1.82, 2.24) is 5.06 Å². The van der Waals surface area contributed by atoms with Crippen LogP contribution in [0.25, 0.3) is 0 Å². The average molecular weight is 285 g/mol. The van der Waals surface area contributed by atoms with Crippen molar-refractivity contribution in [2.24, 2.45) is 0 Å². The van der Waals surface area contributed by atoms with Crippen LogP contribution in [0.5, 0.6) is 5.75 Å². The van der Waals surface area contributed by atoms with Crippen LogP contribution in [0.15, 0.2) is 12.1 Å². The first-order valence-corrected chi connectivity index (χ1v) is 5.23. The third-order valence-corrected chi connectivity index (χ3v) is 2.72. The Balaban J connectivity index is 2.90. The van der Waals surface area contributed by atoms with E-state index in [4.69, 9.17) is 39.5 Å². The van der Waals surface area contributed by atoms with E-state index in [0.717, 1.165) is 5.06 Å². The number of hydroxylamine groups is 2. The fourth-order valence-corrected chi connectivity index (χ4v) is 1.39. The Hall–Kier alpha value is -0.680. The van der Waals surface area contributed by atoms with Gasteiger partial charge < -0.3 is 4.74 Å². The fourth-order valence-electron chi connectivity index (χ4n) is 0.815. The van der Waals surface area contributed by atoms with Crippen molar-refractivity contribution in [2.75, 3.05) is 14.2 Å². The quantitative estimate of drug-likeness (QED) is 0.615. The number of benzene rings is 1. The van der Waals surface area contributed by atoms with Gasteiger partial charge in [0.1, 0.15) is 0 Å². The zero-order valence-electron chi connectivity index (χ0n) is 8.46. The van der Waals surface area contributed by atoms with Crippen LogP contribution in [0.4, 0.5) is 4.79 Å². The van der Waals surface area contributed by atoms with Gasteiger partial charge in [0.25, 0.3) is 0 Å². The molecule has 0 aromatic heterocycles. The van der Waals surface area contributed by atoms with Gasteiger partial charge in [-0.3, -0.25) is 4.84 Å². The Bertz CT molecular complexity index is 411. The third-order valence-electron chi connectivity index (χ3n) is 1.70. The first-order valence-electron chi connectivity index (χ1n) is 4.10. The molecule has 0 heterocycles. The van der Waals surface area contributed by atoms with E-state index in [1.807, 2.05) is 0 Å². The molecule has 0 saturated carbocycles. The summed E-state index contributed by atoms with van der Waals surface area (Å²) in [6.45, 7) is 0. The van der Waals surface area contributed by atoms with Crippen LogP contribution in [0.1, 0.15) is 0 Å². The van der Waals surface area contributed by atoms with Crippen LogP contribution in [0.3, 0.4) is 0 Å². The minimum atomic E-state index is -0.720. The summed E-state index contributed by atoms with van der Waals surface area (Å²) in [4.78, 5) is 16.0. The van der Waals surface area contributed by atoms with E-state index in [-0.39, 0.29) is 20.8 Å². The summed E-state index contributed by atoms with van der Waals surface area (Å²) in [5, 5.41) is 1.62. The van der Waals surface area contributed by atoms with E-state index in [9.17, 15) is 4.79 Å². The molecule has 0 spiro atoms. The Labute approximate surface area is 108 Å². The van der Waals surface area contributed by atoms with Gasteiger partial charge >= 0.3 is 6.09 Å². The molecule has 0 aliphatic carbocycles. The van der Waals surface area contributed by atoms with E-state index in [2.05, 4.69) is 4.84 Å². The van der Waals surface area contributed by atoms with Crippen LogP contribution in [-0.4, -0.2) is 25.3 Å². The van der Waals surface area contributed by atoms with Gasteiger partial charge in [0.05, 0.1) is 22.2 Å². The predicted molar refractivity (Wildman–Crippen MR) is 62.3 cm³/mol. The lowest BCUT2D eigenvalue weighted by molar-refractivity contribution is -0.0790. The Morgan fingerprint density at radius 2 is 1.75 bits per heavy atom. The summed E-state index contributed by atoms with van der Waals surface area (Å²) in [6, 6.07) is 2.74. The molecular weight excluding hydrogens is 276 g/mol. The molecule has 0 saturated heterocycles. The SMILES string of the molecule is CON(C)C(=O)Oc1cc(Cl)c(Cl)cc1Cl. The highest BCUT2D eigenvalue weighted by atomic mass is 35.5. The number of nitrogens with zero attached hydrogens (tertiary/aromatic N) is 1. The number of amides is 1. The Morgan fingerprint density at radius 3 is 2.31 bits per heavy atom. The fraction of sp³-hybridized carbons (Fsp3) is 0.222. The molecular formula is C9H8Cl3NO3. The minimum absolute atomic E-state index is 0.116. The van der Waals surface area contributed by atoms with Crippen molar-refractivity contribution in [1.29, 1.82) is 0 Å². The van der Waals surface area contributed by atoms with Gasteiger partial charge in [-0.05, 0) is 6.07 Å². The molecule has 1 aromatic carbocycles. The standard InChI is InChI=1S/C9H8Cl3NO3/c1-13(15-2)9(14)16-8-4-6(11)5(10)3-7(8)12/h3-4H,1-2H3. The summed E-state index contributed by atoms with van der Waals surface area (Å²) in [5.74, 6) is 0.116. The van der Waals surface area contributed by atoms with Gasteiger partial charge in [-0.2, -0.15) is 5.06 Å². The monoisotopic (exact) mass is 283 g/mol. The van der Waals surface area contributed by atoms with Crippen LogP contribution in [0.2, 0.25) is 15.1 Å². The van der Waals surface area contributed by atoms with Crippen LogP contribution >= 0.6 is 34.8 Å². The van der Waals surface area contributed by atoms with Crippen molar-refractivity contribution < 1.29 is 14.4 Å². The van der Waals surface area contributed by atoms with Crippen molar-refractivity contribution >= 4 is 40.9 Å². The first kappa shape index (κ1) is 13.4. The Kier molecular flexibility index (Phi) is 4.68. The maximum atomic E-state index is 11.3. The summed E-state index contributed by atoms with van der Waals surface area (Å²) in [5.41, 5.74) is 0. The third kappa shape index (κ3) is 3.15. The van der Waals surface area contributed by atoms with E-state index < -0.39 is 6.09 Å². The summed E-state index contributed by atoms with van der Waals surface area (Å²) in [6.07, 6.45) is -0.720. The van der Waals surface area contributed by atoms with Gasteiger partial charge in [-0.15, -0.1) is 0 Å². The second-order valence-corrected chi connectivity index (χ2v) is 3.97. The van der Waals surface area contributed by atoms with E-state index >= 15 is 0 Å². The molecule has 0 aliphatic heterocycles. The van der Waals surface area contributed by atoms with E-state index in [1.165, 1.54) is 26.3 Å². The molecule has 16 heavy (non-hydrogen) atoms. The number of carbonyl (C=O) groups is 1. The zero-order chi connectivity index (χ0) is 12.3. The second kappa shape index (κ2) is 5.59. The number of hydrogen-bond acceptors (Lipinski definition) is 3. The van der Waals surface area contributed by atoms with Crippen LogP contribution < -0.4 is 4.74 Å². The molecule has 7 heteroatoms. The number of hydrogen-bond donors (Lipinski definition) is 0. The van der Waals surface area contributed by atoms with Gasteiger partial charge in [0, 0.05) is 13.1 Å². The maximum absolute atomic E-state index is 11.3. The average Bonchev–Trinajstić information content (AvgIpc) is 2.24. The smallest absolute Gasteiger partial charge is 0.407 e. The summed E-state index contributed by atoms with van der Waals surface area (Å²) >= 11 is 17.3. The molecule has 4 nitrogen and oxygen atoms in total. The number of ether oxygens (including phenoxy) is 1. The largest absolute Gasteiger partial charge is 0.439 e. The first-order chi connectivity index (χ1) is 7.45. The molecule has 0 N–H and O–H groups in total. The molecule has 88 valence electrons. The molecule has 0 aliphatic rings. The second-order valence-electron chi connectivity index (χ2n) is 2.74. The zero-order valence-corrected chi connectivity index (χ0v) is 10.7. The lowest BCUT2D eigenvalue weighted by Crippen LogP contribution is -2.28. The van der Waals surface area contributed by atoms with Crippen molar-refractivity contribution in [3.8, 4) is 5.75 Å². The van der Waals surface area contributed by atoms with Crippen molar-refractivity contribution in [2.45, 2.75) is 0 Å². The van der Waals surface area contributed by atoms with Crippen LogP contribution in [0, 0.1) is 0 Å². The lowest BCUT2D eigenvalue weighted by atomic mass is 10.3. The molecule has 0 atom stereocenters.